The van der Waals surface area contributed by atoms with E-state index in [1.165, 1.54) is 212 Å². The van der Waals surface area contributed by atoms with Crippen molar-refractivity contribution < 1.29 is 37.3 Å². The first-order chi connectivity index (χ1) is 37.9. The zero-order valence-electron chi connectivity index (χ0n) is 52.4. The van der Waals surface area contributed by atoms with Gasteiger partial charge in [-0.1, -0.05) is 307 Å². The van der Waals surface area contributed by atoms with Crippen LogP contribution in [0.3, 0.4) is 0 Å². The first-order valence-corrected chi connectivity index (χ1v) is 35.0. The second-order valence-electron chi connectivity index (χ2n) is 24.0. The molecule has 0 saturated carbocycles. The number of ether oxygens (including phenoxy) is 1. The summed E-state index contributed by atoms with van der Waals surface area (Å²) in [6.07, 6.45) is 72.7. The van der Waals surface area contributed by atoms with Crippen molar-refractivity contribution in [1.29, 1.82) is 0 Å². The summed E-state index contributed by atoms with van der Waals surface area (Å²) in [5.41, 5.74) is 0. The van der Waals surface area contributed by atoms with E-state index in [4.69, 9.17) is 13.8 Å². The Morgan fingerprint density at radius 3 is 1.22 bits per heavy atom. The highest BCUT2D eigenvalue weighted by atomic mass is 31.2. The molecule has 0 bridgehead atoms. The van der Waals surface area contributed by atoms with Crippen molar-refractivity contribution in [2.24, 2.45) is 0 Å². The van der Waals surface area contributed by atoms with E-state index in [-0.39, 0.29) is 31.5 Å². The predicted octanol–water partition coefficient (Wildman–Crippen LogP) is 20.8. The number of unbranched alkanes of at least 4 members (excludes halogenated alkanes) is 41. The number of nitrogens with zero attached hydrogens (tertiary/aromatic N) is 1. The number of likely N-dealkylation sites (N-methyl/N-ethyl adjacent to an activating group) is 1. The fraction of sp³-hybridized carbons (Fsp3) is 0.853. The van der Waals surface area contributed by atoms with Crippen LogP contribution in [0.1, 0.15) is 323 Å². The number of carbonyl (C=O) groups excluding carboxylic acids is 2. The van der Waals surface area contributed by atoms with Gasteiger partial charge in [0.25, 0.3) is 0 Å². The van der Waals surface area contributed by atoms with Gasteiger partial charge >= 0.3 is 13.8 Å². The lowest BCUT2D eigenvalue weighted by molar-refractivity contribution is -0.870. The van der Waals surface area contributed by atoms with Crippen LogP contribution in [0.15, 0.2) is 48.6 Å². The summed E-state index contributed by atoms with van der Waals surface area (Å²) in [7, 11) is 1.50. The number of phosphoric ester groups is 1. The molecule has 0 heterocycles. The maximum absolute atomic E-state index is 13.6. The zero-order chi connectivity index (χ0) is 57.2. The van der Waals surface area contributed by atoms with Crippen LogP contribution in [-0.2, 0) is 27.9 Å². The van der Waals surface area contributed by atoms with Gasteiger partial charge in [-0.3, -0.25) is 18.6 Å². The minimum Gasteiger partial charge on any atom is -0.456 e. The van der Waals surface area contributed by atoms with Crippen molar-refractivity contribution in [3.8, 4) is 0 Å². The molecule has 0 aromatic heterocycles. The highest BCUT2D eigenvalue weighted by Crippen LogP contribution is 2.43. The molecule has 0 fully saturated rings. The molecule has 458 valence electrons. The van der Waals surface area contributed by atoms with Gasteiger partial charge in [-0.25, -0.2) is 4.57 Å². The van der Waals surface area contributed by atoms with Crippen LogP contribution in [0.2, 0.25) is 0 Å². The molecule has 0 rings (SSSR count). The predicted molar refractivity (Wildman–Crippen MR) is 337 cm³/mol. The molecular formula is C68H130N2O7P+. The molecule has 0 saturated heterocycles. The van der Waals surface area contributed by atoms with E-state index in [9.17, 15) is 19.0 Å². The highest BCUT2D eigenvalue weighted by molar-refractivity contribution is 7.47. The van der Waals surface area contributed by atoms with Crippen LogP contribution in [0, 0.1) is 0 Å². The molecule has 10 heteroatoms. The van der Waals surface area contributed by atoms with Crippen LogP contribution in [0.4, 0.5) is 0 Å². The van der Waals surface area contributed by atoms with Crippen LogP contribution >= 0.6 is 7.82 Å². The molecule has 0 aliphatic heterocycles. The molecule has 0 aromatic carbocycles. The Morgan fingerprint density at radius 2 is 0.821 bits per heavy atom. The fourth-order valence-corrected chi connectivity index (χ4v) is 10.7. The number of phosphoric acid groups is 1. The molecule has 3 atom stereocenters. The SMILES string of the molecule is CC/C=C/C=C/C=C/CCCCCCCCCC(=O)OC(/C=C\CCCCCCCCCCCC)C(COP(=O)(O)OCC[N+](C)(C)C)NC(=O)CCCCCCCCCCCCCCCCCCCCCCCCCCC. The van der Waals surface area contributed by atoms with Crippen LogP contribution in [0.25, 0.3) is 0 Å². The molecule has 0 aromatic rings. The lowest BCUT2D eigenvalue weighted by atomic mass is 10.0. The summed E-state index contributed by atoms with van der Waals surface area (Å²) in [4.78, 5) is 37.8. The minimum atomic E-state index is -4.45. The van der Waals surface area contributed by atoms with E-state index < -0.39 is 20.0 Å². The van der Waals surface area contributed by atoms with Crippen molar-refractivity contribution in [2.45, 2.75) is 335 Å². The molecule has 0 spiro atoms. The standard InChI is InChI=1S/C68H129N2O7P/c1-7-10-13-16-19-22-25-28-30-31-32-33-34-35-36-37-38-39-41-42-45-48-51-54-57-60-67(71)69-65(64-76-78(73,74)75-63-62-70(4,5)6)66(59-56-53-50-47-44-27-24-21-18-15-12-9-3)77-68(72)61-58-55-52-49-46-43-40-29-26-23-20-17-14-11-8-2/h11,14,17,20,23,26,56,59,65-66H,7-10,12-13,15-16,18-19,21-22,24-25,27-55,57-58,60-64H2,1-6H3,(H-,69,71,73,74)/p+1/b14-11+,20-17+,26-23+,59-56-. The van der Waals surface area contributed by atoms with Gasteiger partial charge in [-0.2, -0.15) is 0 Å². The number of hydrogen-bond acceptors (Lipinski definition) is 6. The second kappa shape index (κ2) is 58.2. The third-order valence-corrected chi connectivity index (χ3v) is 16.1. The Labute approximate surface area is 484 Å². The molecule has 0 aliphatic rings. The lowest BCUT2D eigenvalue weighted by Crippen LogP contribution is -2.47. The molecule has 2 N–H and O–H groups in total. The maximum atomic E-state index is 13.6. The van der Waals surface area contributed by atoms with E-state index in [1.54, 1.807) is 0 Å². The lowest BCUT2D eigenvalue weighted by Gasteiger charge is -2.27. The molecule has 0 aliphatic carbocycles. The number of hydrogen-bond donors (Lipinski definition) is 2. The third kappa shape index (κ3) is 58.6. The summed E-state index contributed by atoms with van der Waals surface area (Å²) in [5, 5.41) is 3.07. The normalized spacial score (nSPS) is 13.9. The number of esters is 1. The summed E-state index contributed by atoms with van der Waals surface area (Å²) >= 11 is 0. The van der Waals surface area contributed by atoms with Crippen LogP contribution < -0.4 is 5.32 Å². The Balaban J connectivity index is 5.04. The molecule has 3 unspecified atom stereocenters. The fourth-order valence-electron chi connectivity index (χ4n) is 9.94. The van der Waals surface area contributed by atoms with Gasteiger partial charge in [0.15, 0.2) is 0 Å². The summed E-state index contributed by atoms with van der Waals surface area (Å²) in [6.45, 7) is 6.92. The van der Waals surface area contributed by atoms with E-state index in [2.05, 4.69) is 62.5 Å². The van der Waals surface area contributed by atoms with E-state index in [0.29, 0.717) is 17.4 Å². The topological polar surface area (TPSA) is 111 Å². The van der Waals surface area contributed by atoms with Gasteiger partial charge < -0.3 is 19.4 Å². The first-order valence-electron chi connectivity index (χ1n) is 33.5. The average Bonchev–Trinajstić information content (AvgIpc) is 3.40. The number of quaternary nitrogens is 1. The Morgan fingerprint density at radius 1 is 0.462 bits per heavy atom. The Bertz CT molecular complexity index is 1470. The molecule has 9 nitrogen and oxygen atoms in total. The van der Waals surface area contributed by atoms with E-state index >= 15 is 0 Å². The first kappa shape index (κ1) is 76.0. The largest absolute Gasteiger partial charge is 0.472 e. The van der Waals surface area contributed by atoms with Crippen molar-refractivity contribution in [1.82, 2.24) is 5.32 Å². The molecule has 0 radical (unpaired) electrons. The van der Waals surface area contributed by atoms with Gasteiger partial charge in [0, 0.05) is 12.8 Å². The zero-order valence-corrected chi connectivity index (χ0v) is 53.3. The smallest absolute Gasteiger partial charge is 0.456 e. The summed E-state index contributed by atoms with van der Waals surface area (Å²) in [5.74, 6) is -0.506. The van der Waals surface area contributed by atoms with Crippen LogP contribution in [0.5, 0.6) is 0 Å². The van der Waals surface area contributed by atoms with E-state index in [0.717, 1.165) is 77.0 Å². The number of rotatable bonds is 61. The van der Waals surface area contributed by atoms with Crippen molar-refractivity contribution in [3.63, 3.8) is 0 Å². The van der Waals surface area contributed by atoms with Gasteiger partial charge in [-0.15, -0.1) is 0 Å². The average molecular weight is 1120 g/mol. The number of allylic oxidation sites excluding steroid dienone is 7. The number of amides is 1. The minimum absolute atomic E-state index is 0.0393. The Kier molecular flexibility index (Phi) is 56.7. The van der Waals surface area contributed by atoms with Crippen LogP contribution in [-0.4, -0.2) is 74.3 Å². The number of nitrogens with one attached hydrogen (secondary N) is 1. The second-order valence-corrected chi connectivity index (χ2v) is 25.5. The summed E-state index contributed by atoms with van der Waals surface area (Å²) in [6, 6.07) is -0.851. The van der Waals surface area contributed by atoms with Gasteiger partial charge in [0.05, 0.1) is 33.8 Å². The maximum Gasteiger partial charge on any atom is 0.472 e. The van der Waals surface area contributed by atoms with Gasteiger partial charge in [0.2, 0.25) is 5.91 Å². The van der Waals surface area contributed by atoms with Crippen molar-refractivity contribution in [3.05, 3.63) is 48.6 Å². The van der Waals surface area contributed by atoms with Gasteiger partial charge in [-0.05, 0) is 51.0 Å². The summed E-state index contributed by atoms with van der Waals surface area (Å²) < 4.78 is 30.7. The third-order valence-electron chi connectivity index (χ3n) is 15.1. The highest BCUT2D eigenvalue weighted by Gasteiger charge is 2.30. The van der Waals surface area contributed by atoms with Gasteiger partial charge in [0.1, 0.15) is 19.3 Å². The molecule has 78 heavy (non-hydrogen) atoms. The molecule has 1 amide bonds. The van der Waals surface area contributed by atoms with Crippen molar-refractivity contribution >= 4 is 19.7 Å². The molecular weight excluding hydrogens is 988 g/mol. The Hall–Kier alpha value is -2.03. The van der Waals surface area contributed by atoms with Crippen molar-refractivity contribution in [2.75, 3.05) is 40.9 Å². The monoisotopic (exact) mass is 1120 g/mol. The quantitative estimate of drug-likeness (QED) is 0.0156. The van der Waals surface area contributed by atoms with E-state index in [1.807, 2.05) is 33.3 Å². The number of carbonyl (C=O) groups is 2.